The second-order valence-electron chi connectivity index (χ2n) is 5.81. The van der Waals surface area contributed by atoms with Crippen molar-refractivity contribution in [2.24, 2.45) is 10.9 Å². The molecule has 0 atom stereocenters. The molecule has 0 unspecified atom stereocenters. The van der Waals surface area contributed by atoms with E-state index in [4.69, 9.17) is 9.47 Å². The van der Waals surface area contributed by atoms with Crippen molar-refractivity contribution in [3.63, 3.8) is 0 Å². The summed E-state index contributed by atoms with van der Waals surface area (Å²) in [5, 5.41) is 6.65. The van der Waals surface area contributed by atoms with Gasteiger partial charge in [-0.25, -0.2) is 4.99 Å². The Morgan fingerprint density at radius 2 is 2.21 bits per heavy atom. The number of nitrogens with zero attached hydrogens (tertiary/aromatic N) is 1. The van der Waals surface area contributed by atoms with Gasteiger partial charge in [0, 0.05) is 44.4 Å². The van der Waals surface area contributed by atoms with E-state index in [-0.39, 0.29) is 0 Å². The number of rotatable bonds is 9. The van der Waals surface area contributed by atoms with E-state index in [1.807, 2.05) is 0 Å². The summed E-state index contributed by atoms with van der Waals surface area (Å²) in [4.78, 5) is 5.87. The van der Waals surface area contributed by atoms with Crippen LogP contribution in [0.5, 0.6) is 0 Å². The molecular weight excluding hydrogens is 390 g/mol. The first-order valence-electron chi connectivity index (χ1n) is 8.69. The van der Waals surface area contributed by atoms with E-state index in [0.29, 0.717) is 12.5 Å². The summed E-state index contributed by atoms with van der Waals surface area (Å²) >= 11 is 5.20. The first-order valence-corrected chi connectivity index (χ1v) is 10.3. The van der Waals surface area contributed by atoms with Crippen LogP contribution in [-0.2, 0) is 16.0 Å². The third kappa shape index (κ3) is 7.96. The van der Waals surface area contributed by atoms with Crippen molar-refractivity contribution in [1.82, 2.24) is 10.6 Å². The molecule has 0 saturated carbocycles. The van der Waals surface area contributed by atoms with Gasteiger partial charge < -0.3 is 20.1 Å². The topological polar surface area (TPSA) is 54.9 Å². The summed E-state index contributed by atoms with van der Waals surface area (Å²) in [6, 6.07) is 4.16. The fraction of sp³-hybridized carbons (Fsp3) is 0.706. The van der Waals surface area contributed by atoms with Crippen LogP contribution < -0.4 is 10.6 Å². The van der Waals surface area contributed by atoms with Crippen LogP contribution in [0.25, 0.3) is 0 Å². The maximum atomic E-state index is 5.79. The van der Waals surface area contributed by atoms with Gasteiger partial charge in [0.1, 0.15) is 0 Å². The number of guanidine groups is 1. The Morgan fingerprint density at radius 1 is 1.38 bits per heavy atom. The fourth-order valence-corrected chi connectivity index (χ4v) is 3.89. The van der Waals surface area contributed by atoms with Crippen molar-refractivity contribution in [2.75, 3.05) is 39.5 Å². The van der Waals surface area contributed by atoms with Gasteiger partial charge in [-0.3, -0.25) is 0 Å². The summed E-state index contributed by atoms with van der Waals surface area (Å²) in [6.07, 6.45) is 3.25. The lowest BCUT2D eigenvalue weighted by molar-refractivity contribution is 0.0203. The van der Waals surface area contributed by atoms with E-state index in [1.54, 1.807) is 11.3 Å². The molecule has 2 heterocycles. The number of aliphatic imine (C=N–C) groups is 1. The van der Waals surface area contributed by atoms with Gasteiger partial charge in [-0.15, -0.1) is 11.3 Å². The molecule has 5 nitrogen and oxygen atoms in total. The molecule has 0 aliphatic carbocycles. The average Bonchev–Trinajstić information content (AvgIpc) is 3.02. The van der Waals surface area contributed by atoms with E-state index in [1.165, 1.54) is 4.88 Å². The van der Waals surface area contributed by atoms with E-state index < -0.39 is 0 Å². The average molecular weight is 418 g/mol. The van der Waals surface area contributed by atoms with Crippen molar-refractivity contribution in [1.29, 1.82) is 0 Å². The summed E-state index contributed by atoms with van der Waals surface area (Å²) in [5.74, 6) is 1.54. The predicted molar refractivity (Wildman–Crippen MR) is 104 cm³/mol. The standard InChI is InChI=1S/C17H28BrN3O2S/c1-2-19-17(21-12-15-4-5-16(18)24-15)20-8-3-9-23-13-14-6-10-22-11-7-14/h4-5,14H,2-3,6-13H2,1H3,(H2,19,20,21). The quantitative estimate of drug-likeness (QED) is 0.367. The van der Waals surface area contributed by atoms with Crippen LogP contribution in [0.1, 0.15) is 31.1 Å². The van der Waals surface area contributed by atoms with Crippen molar-refractivity contribution in [2.45, 2.75) is 32.7 Å². The second kappa shape index (κ2) is 11.8. The number of thiophene rings is 1. The summed E-state index contributed by atoms with van der Waals surface area (Å²) in [5.41, 5.74) is 0. The van der Waals surface area contributed by atoms with Gasteiger partial charge in [-0.05, 0) is 60.2 Å². The lowest BCUT2D eigenvalue weighted by Crippen LogP contribution is -2.38. The van der Waals surface area contributed by atoms with Crippen LogP contribution in [0.3, 0.4) is 0 Å². The third-order valence-corrected chi connectivity index (χ3v) is 5.43. The Balaban J connectivity index is 1.58. The molecule has 24 heavy (non-hydrogen) atoms. The normalized spacial score (nSPS) is 16.3. The molecule has 1 aliphatic rings. The highest BCUT2D eigenvalue weighted by atomic mass is 79.9. The number of nitrogens with one attached hydrogen (secondary N) is 2. The highest BCUT2D eigenvalue weighted by Gasteiger charge is 2.13. The zero-order chi connectivity index (χ0) is 17.0. The molecule has 1 fully saturated rings. The number of hydrogen-bond donors (Lipinski definition) is 2. The van der Waals surface area contributed by atoms with Crippen LogP contribution in [0, 0.1) is 5.92 Å². The monoisotopic (exact) mass is 417 g/mol. The highest BCUT2D eigenvalue weighted by molar-refractivity contribution is 9.11. The molecule has 0 bridgehead atoms. The van der Waals surface area contributed by atoms with Crippen LogP contribution in [0.4, 0.5) is 0 Å². The molecular formula is C17H28BrN3O2S. The minimum Gasteiger partial charge on any atom is -0.381 e. The lowest BCUT2D eigenvalue weighted by atomic mass is 10.0. The van der Waals surface area contributed by atoms with Gasteiger partial charge in [0.05, 0.1) is 10.3 Å². The Labute approximate surface area is 157 Å². The van der Waals surface area contributed by atoms with Crippen molar-refractivity contribution < 1.29 is 9.47 Å². The van der Waals surface area contributed by atoms with Gasteiger partial charge in [-0.1, -0.05) is 0 Å². The smallest absolute Gasteiger partial charge is 0.191 e. The Morgan fingerprint density at radius 3 is 2.92 bits per heavy atom. The molecule has 0 spiro atoms. The van der Waals surface area contributed by atoms with Gasteiger partial charge >= 0.3 is 0 Å². The van der Waals surface area contributed by atoms with Crippen LogP contribution in [0.2, 0.25) is 0 Å². The zero-order valence-electron chi connectivity index (χ0n) is 14.4. The molecule has 1 aliphatic heterocycles. The molecule has 0 amide bonds. The van der Waals surface area contributed by atoms with Crippen LogP contribution in [0.15, 0.2) is 20.9 Å². The van der Waals surface area contributed by atoms with E-state index >= 15 is 0 Å². The molecule has 1 aromatic heterocycles. The van der Waals surface area contributed by atoms with Gasteiger partial charge in [0.25, 0.3) is 0 Å². The molecule has 2 rings (SSSR count). The van der Waals surface area contributed by atoms with E-state index in [0.717, 1.165) is 68.5 Å². The van der Waals surface area contributed by atoms with Gasteiger partial charge in [-0.2, -0.15) is 0 Å². The molecule has 1 saturated heterocycles. The van der Waals surface area contributed by atoms with Crippen LogP contribution in [-0.4, -0.2) is 45.5 Å². The minimum absolute atomic E-state index is 0.677. The molecule has 1 aromatic rings. The Hall–Kier alpha value is -0.630. The molecule has 136 valence electrons. The number of hydrogen-bond acceptors (Lipinski definition) is 4. The first kappa shape index (κ1) is 19.7. The second-order valence-corrected chi connectivity index (χ2v) is 8.36. The maximum Gasteiger partial charge on any atom is 0.191 e. The Kier molecular flexibility index (Phi) is 9.72. The summed E-state index contributed by atoms with van der Waals surface area (Å²) in [7, 11) is 0. The van der Waals surface area contributed by atoms with Crippen LogP contribution >= 0.6 is 27.3 Å². The number of ether oxygens (including phenoxy) is 2. The van der Waals surface area contributed by atoms with Crippen molar-refractivity contribution in [3.05, 3.63) is 20.8 Å². The minimum atomic E-state index is 0.677. The highest BCUT2D eigenvalue weighted by Crippen LogP contribution is 2.22. The predicted octanol–water partition coefficient (Wildman–Crippen LogP) is 3.40. The summed E-state index contributed by atoms with van der Waals surface area (Å²) < 4.78 is 12.3. The zero-order valence-corrected chi connectivity index (χ0v) is 16.8. The molecule has 2 N–H and O–H groups in total. The van der Waals surface area contributed by atoms with E-state index in [9.17, 15) is 0 Å². The fourth-order valence-electron chi connectivity index (χ4n) is 2.48. The largest absolute Gasteiger partial charge is 0.381 e. The molecule has 0 radical (unpaired) electrons. The maximum absolute atomic E-state index is 5.79. The Bertz CT molecular complexity index is 490. The number of halogens is 1. The van der Waals surface area contributed by atoms with E-state index in [2.05, 4.69) is 50.6 Å². The van der Waals surface area contributed by atoms with Gasteiger partial charge in [0.15, 0.2) is 5.96 Å². The van der Waals surface area contributed by atoms with Crippen molar-refractivity contribution in [3.8, 4) is 0 Å². The first-order chi connectivity index (χ1) is 11.8. The van der Waals surface area contributed by atoms with Crippen molar-refractivity contribution >= 4 is 33.2 Å². The molecule has 0 aromatic carbocycles. The third-order valence-electron chi connectivity index (χ3n) is 3.82. The molecule has 7 heteroatoms. The summed E-state index contributed by atoms with van der Waals surface area (Å²) in [6.45, 7) is 7.94. The van der Waals surface area contributed by atoms with Gasteiger partial charge in [0.2, 0.25) is 0 Å². The lowest BCUT2D eigenvalue weighted by Gasteiger charge is -2.21. The SMILES string of the molecule is CCNC(=NCc1ccc(Br)s1)NCCCOCC1CCOCC1.